The van der Waals surface area contributed by atoms with E-state index in [4.69, 9.17) is 10.1 Å². The van der Waals surface area contributed by atoms with Crippen LogP contribution in [0.5, 0.6) is 11.5 Å². The van der Waals surface area contributed by atoms with Gasteiger partial charge in [-0.15, -0.1) is 0 Å². The van der Waals surface area contributed by atoms with E-state index in [1.807, 2.05) is 13.0 Å². The molecule has 1 aliphatic rings. The fraction of sp³-hybridized carbons (Fsp3) is 0.316. The Morgan fingerprint density at radius 3 is 2.84 bits per heavy atom. The largest absolute Gasteiger partial charge is 0.507 e. The Morgan fingerprint density at radius 2 is 2.12 bits per heavy atom. The van der Waals surface area contributed by atoms with Gasteiger partial charge in [-0.2, -0.15) is 0 Å². The summed E-state index contributed by atoms with van der Waals surface area (Å²) in [5.41, 5.74) is 0.351. The van der Waals surface area contributed by atoms with Crippen LogP contribution in [0, 0.1) is 11.3 Å². The quantitative estimate of drug-likeness (QED) is 0.575. The minimum atomic E-state index is -0.745. The first-order valence-electron chi connectivity index (χ1n) is 8.32. The molecule has 3 rings (SSSR count). The lowest BCUT2D eigenvalue weighted by Gasteiger charge is -2.23. The highest BCUT2D eigenvalue weighted by Crippen LogP contribution is 2.33. The second-order valence-electron chi connectivity index (χ2n) is 6.11. The van der Waals surface area contributed by atoms with E-state index in [2.05, 4.69) is 5.32 Å². The molecular formula is C19H20N2O4. The Balaban J connectivity index is 2.00. The Bertz CT molecular complexity index is 860. The van der Waals surface area contributed by atoms with Crippen molar-refractivity contribution in [3.63, 3.8) is 0 Å². The zero-order valence-corrected chi connectivity index (χ0v) is 14.0. The molecule has 6 nitrogen and oxygen atoms in total. The van der Waals surface area contributed by atoms with Crippen LogP contribution in [0.4, 0.5) is 0 Å². The molecule has 1 fully saturated rings. The van der Waals surface area contributed by atoms with E-state index in [9.17, 15) is 14.7 Å². The van der Waals surface area contributed by atoms with Crippen molar-refractivity contribution in [3.8, 4) is 11.5 Å². The van der Waals surface area contributed by atoms with Crippen LogP contribution in [0.25, 0.3) is 10.8 Å². The van der Waals surface area contributed by atoms with Gasteiger partial charge >= 0.3 is 0 Å². The Labute approximate surface area is 145 Å². The second-order valence-corrected chi connectivity index (χ2v) is 6.11. The van der Waals surface area contributed by atoms with Crippen molar-refractivity contribution in [2.45, 2.75) is 26.2 Å². The van der Waals surface area contributed by atoms with Crippen LogP contribution in [-0.2, 0) is 9.59 Å². The average Bonchev–Trinajstić information content (AvgIpc) is 2.59. The molecule has 0 radical (unpaired) electrons. The lowest BCUT2D eigenvalue weighted by atomic mass is 9.86. The number of imide groups is 1. The highest BCUT2D eigenvalue weighted by atomic mass is 16.5. The van der Waals surface area contributed by atoms with E-state index >= 15 is 0 Å². The highest BCUT2D eigenvalue weighted by molar-refractivity contribution is 6.21. The van der Waals surface area contributed by atoms with Crippen molar-refractivity contribution in [3.05, 3.63) is 35.9 Å². The van der Waals surface area contributed by atoms with Gasteiger partial charge in [0, 0.05) is 12.0 Å². The van der Waals surface area contributed by atoms with Gasteiger partial charge in [-0.1, -0.05) is 13.0 Å². The molecule has 1 saturated heterocycles. The molecular weight excluding hydrogens is 320 g/mol. The van der Waals surface area contributed by atoms with Crippen LogP contribution in [-0.4, -0.2) is 29.2 Å². The Kier molecular flexibility index (Phi) is 4.70. The first-order chi connectivity index (χ1) is 12.0. The van der Waals surface area contributed by atoms with Gasteiger partial charge in [0.15, 0.2) is 0 Å². The summed E-state index contributed by atoms with van der Waals surface area (Å²) in [6.07, 6.45) is 1.37. The smallest absolute Gasteiger partial charge is 0.235 e. The zero-order valence-electron chi connectivity index (χ0n) is 14.0. The van der Waals surface area contributed by atoms with E-state index in [1.165, 1.54) is 6.07 Å². The molecule has 6 heteroatoms. The molecule has 0 saturated carbocycles. The van der Waals surface area contributed by atoms with Gasteiger partial charge < -0.3 is 15.3 Å². The maximum Gasteiger partial charge on any atom is 0.235 e. The Morgan fingerprint density at radius 1 is 1.32 bits per heavy atom. The summed E-state index contributed by atoms with van der Waals surface area (Å²) in [5, 5.41) is 22.5. The van der Waals surface area contributed by atoms with Gasteiger partial charge in [0.1, 0.15) is 11.5 Å². The van der Waals surface area contributed by atoms with Crippen molar-refractivity contribution in [1.82, 2.24) is 5.32 Å². The van der Waals surface area contributed by atoms with Gasteiger partial charge in [0.2, 0.25) is 11.8 Å². The highest BCUT2D eigenvalue weighted by Gasteiger charge is 2.32. The molecule has 1 unspecified atom stereocenters. The number of benzene rings is 2. The molecule has 2 amide bonds. The van der Waals surface area contributed by atoms with Crippen LogP contribution in [0.1, 0.15) is 31.7 Å². The lowest BCUT2D eigenvalue weighted by molar-refractivity contribution is -0.134. The summed E-state index contributed by atoms with van der Waals surface area (Å²) in [5.74, 6) is -0.886. The predicted octanol–water partition coefficient (Wildman–Crippen LogP) is 2.75. The minimum absolute atomic E-state index is 0.0235. The number of ether oxygens (including phenoxy) is 1. The predicted molar refractivity (Wildman–Crippen MR) is 94.1 cm³/mol. The third-order valence-corrected chi connectivity index (χ3v) is 4.30. The molecule has 2 aromatic carbocycles. The summed E-state index contributed by atoms with van der Waals surface area (Å²) in [6.45, 7) is 2.64. The molecule has 1 atom stereocenters. The van der Waals surface area contributed by atoms with Gasteiger partial charge in [-0.25, -0.2) is 0 Å². The topological polar surface area (TPSA) is 99.5 Å². The van der Waals surface area contributed by atoms with Crippen molar-refractivity contribution >= 4 is 28.3 Å². The number of hydrogen-bond acceptors (Lipinski definition) is 5. The number of carbonyl (C=O) groups excluding carboxylic acids is 2. The summed E-state index contributed by atoms with van der Waals surface area (Å²) in [7, 11) is 0. The summed E-state index contributed by atoms with van der Waals surface area (Å²) >= 11 is 0. The van der Waals surface area contributed by atoms with Crippen LogP contribution >= 0.6 is 0 Å². The lowest BCUT2D eigenvalue weighted by Crippen LogP contribution is -2.43. The van der Waals surface area contributed by atoms with Gasteiger partial charge in [0.25, 0.3) is 0 Å². The van der Waals surface area contributed by atoms with Gasteiger partial charge in [0.05, 0.1) is 18.2 Å². The number of fused-ring (bicyclic) bond motifs is 1. The fourth-order valence-corrected chi connectivity index (χ4v) is 3.03. The van der Waals surface area contributed by atoms with Gasteiger partial charge in [-0.05, 0) is 47.9 Å². The van der Waals surface area contributed by atoms with Crippen LogP contribution in [0.15, 0.2) is 30.3 Å². The third kappa shape index (κ3) is 3.33. The summed E-state index contributed by atoms with van der Waals surface area (Å²) < 4.78 is 5.62. The molecule has 1 aliphatic heterocycles. The maximum absolute atomic E-state index is 12.1. The van der Waals surface area contributed by atoms with E-state index in [1.54, 1.807) is 18.2 Å². The number of phenols is 1. The number of rotatable bonds is 5. The molecule has 0 bridgehead atoms. The number of piperidine rings is 1. The van der Waals surface area contributed by atoms with Crippen molar-refractivity contribution < 1.29 is 19.4 Å². The minimum Gasteiger partial charge on any atom is -0.507 e. The van der Waals surface area contributed by atoms with E-state index < -0.39 is 11.8 Å². The molecule has 1 heterocycles. The number of phenolic OH excluding ortho intramolecular Hbond substituents is 1. The number of amides is 2. The standard InChI is InChI=1S/C19H20N2O4/c1-2-9-25-12-4-5-13-11(10-12)3-7-15(22)17(13)18(20)14-6-8-16(23)21-19(14)24/h3-5,7,10,14,20,22H,2,6,8-9H2,1H3,(H,21,23,24). The normalized spacial score (nSPS) is 17.4. The number of nitrogens with one attached hydrogen (secondary N) is 2. The van der Waals surface area contributed by atoms with Gasteiger partial charge in [-0.3, -0.25) is 14.9 Å². The first kappa shape index (κ1) is 17.0. The molecule has 130 valence electrons. The van der Waals surface area contributed by atoms with Crippen molar-refractivity contribution in [2.24, 2.45) is 5.92 Å². The monoisotopic (exact) mass is 340 g/mol. The Hall–Kier alpha value is -2.89. The molecule has 0 aliphatic carbocycles. The molecule has 25 heavy (non-hydrogen) atoms. The molecule has 3 N–H and O–H groups in total. The van der Waals surface area contributed by atoms with Crippen LogP contribution in [0.2, 0.25) is 0 Å². The fourth-order valence-electron chi connectivity index (χ4n) is 3.03. The third-order valence-electron chi connectivity index (χ3n) is 4.30. The average molecular weight is 340 g/mol. The molecule has 0 aromatic heterocycles. The first-order valence-corrected chi connectivity index (χ1v) is 8.32. The molecule has 0 spiro atoms. The van der Waals surface area contributed by atoms with Crippen LogP contribution in [0.3, 0.4) is 0 Å². The van der Waals surface area contributed by atoms with E-state index in [-0.39, 0.29) is 30.2 Å². The number of hydrogen-bond donors (Lipinski definition) is 3. The number of aromatic hydroxyl groups is 1. The summed E-state index contributed by atoms with van der Waals surface area (Å²) in [6, 6.07) is 8.70. The van der Waals surface area contributed by atoms with E-state index in [0.717, 1.165) is 17.6 Å². The SMILES string of the molecule is CCCOc1ccc2c(C(=N)C3CCC(=O)NC3=O)c(O)ccc2c1. The van der Waals surface area contributed by atoms with Crippen molar-refractivity contribution in [1.29, 1.82) is 5.41 Å². The number of carbonyl (C=O) groups is 2. The van der Waals surface area contributed by atoms with Crippen molar-refractivity contribution in [2.75, 3.05) is 6.61 Å². The van der Waals surface area contributed by atoms with Crippen LogP contribution < -0.4 is 10.1 Å². The zero-order chi connectivity index (χ0) is 18.0. The summed E-state index contributed by atoms with van der Waals surface area (Å²) in [4.78, 5) is 23.4. The second kappa shape index (κ2) is 6.93. The maximum atomic E-state index is 12.1. The van der Waals surface area contributed by atoms with E-state index in [0.29, 0.717) is 17.6 Å². The molecule has 2 aromatic rings.